The molecule has 24 heavy (non-hydrogen) atoms. The molecule has 1 aliphatic heterocycles. The SMILES string of the molecule is O=CN1CC[C@@H](Nc2nccc(-c3ccc4ccccc4c3)n2)C1. The molecule has 0 saturated carbocycles. The number of nitrogens with one attached hydrogen (secondary N) is 1. The molecule has 0 spiro atoms. The van der Waals surface area contributed by atoms with Crippen molar-refractivity contribution in [2.24, 2.45) is 0 Å². The van der Waals surface area contributed by atoms with E-state index < -0.39 is 0 Å². The number of nitrogens with zero attached hydrogens (tertiary/aromatic N) is 3. The number of aromatic nitrogens is 2. The topological polar surface area (TPSA) is 58.1 Å². The highest BCUT2D eigenvalue weighted by atomic mass is 16.1. The van der Waals surface area contributed by atoms with Crippen molar-refractivity contribution < 1.29 is 4.79 Å². The van der Waals surface area contributed by atoms with E-state index >= 15 is 0 Å². The van der Waals surface area contributed by atoms with Crippen molar-refractivity contribution in [2.45, 2.75) is 12.5 Å². The Balaban J connectivity index is 1.58. The smallest absolute Gasteiger partial charge is 0.223 e. The molecule has 1 amide bonds. The fourth-order valence-electron chi connectivity index (χ4n) is 3.12. The second-order valence-electron chi connectivity index (χ2n) is 6.06. The zero-order valence-electron chi connectivity index (χ0n) is 13.2. The van der Waals surface area contributed by atoms with Crippen LogP contribution in [0.4, 0.5) is 5.95 Å². The number of likely N-dealkylation sites (tertiary alicyclic amines) is 1. The first-order valence-corrected chi connectivity index (χ1v) is 8.10. The van der Waals surface area contributed by atoms with Crippen molar-refractivity contribution in [1.82, 2.24) is 14.9 Å². The standard InChI is InChI=1S/C19H18N4O/c24-13-23-10-8-17(12-23)21-19-20-9-7-18(22-19)16-6-5-14-3-1-2-4-15(14)11-16/h1-7,9,11,13,17H,8,10,12H2,(H,20,21,22)/t17-/m1/s1. The van der Waals surface area contributed by atoms with E-state index in [1.165, 1.54) is 10.8 Å². The molecule has 2 aromatic carbocycles. The highest BCUT2D eigenvalue weighted by Gasteiger charge is 2.21. The minimum Gasteiger partial charge on any atom is -0.350 e. The summed E-state index contributed by atoms with van der Waals surface area (Å²) in [5.74, 6) is 0.610. The summed E-state index contributed by atoms with van der Waals surface area (Å²) in [5.41, 5.74) is 1.96. The third-order valence-electron chi connectivity index (χ3n) is 4.40. The Morgan fingerprint density at radius 3 is 2.83 bits per heavy atom. The van der Waals surface area contributed by atoms with E-state index in [-0.39, 0.29) is 6.04 Å². The molecule has 5 heteroatoms. The van der Waals surface area contributed by atoms with Gasteiger partial charge in [-0.25, -0.2) is 9.97 Å². The molecule has 0 bridgehead atoms. The lowest BCUT2D eigenvalue weighted by Crippen LogP contribution is -2.26. The summed E-state index contributed by atoms with van der Waals surface area (Å²) < 4.78 is 0. The maximum atomic E-state index is 10.8. The largest absolute Gasteiger partial charge is 0.350 e. The first kappa shape index (κ1) is 14.6. The normalized spacial score (nSPS) is 17.2. The average molecular weight is 318 g/mol. The molecule has 3 aromatic rings. The van der Waals surface area contributed by atoms with Crippen LogP contribution in [0.25, 0.3) is 22.0 Å². The van der Waals surface area contributed by atoms with E-state index in [4.69, 9.17) is 0 Å². The van der Waals surface area contributed by atoms with Crippen LogP contribution < -0.4 is 5.32 Å². The summed E-state index contributed by atoms with van der Waals surface area (Å²) in [5, 5.41) is 5.74. The lowest BCUT2D eigenvalue weighted by atomic mass is 10.1. The molecule has 0 unspecified atom stereocenters. The Bertz CT molecular complexity index is 880. The van der Waals surface area contributed by atoms with Crippen LogP contribution >= 0.6 is 0 Å². The molecule has 1 aliphatic rings. The fourth-order valence-corrected chi connectivity index (χ4v) is 3.12. The van der Waals surface area contributed by atoms with Crippen molar-refractivity contribution in [3.63, 3.8) is 0 Å². The Morgan fingerprint density at radius 1 is 1.12 bits per heavy atom. The van der Waals surface area contributed by atoms with Crippen LogP contribution in [0.5, 0.6) is 0 Å². The number of amides is 1. The van der Waals surface area contributed by atoms with E-state index in [0.29, 0.717) is 12.5 Å². The summed E-state index contributed by atoms with van der Waals surface area (Å²) >= 11 is 0. The van der Waals surface area contributed by atoms with Gasteiger partial charge in [0.05, 0.1) is 5.69 Å². The molecule has 1 saturated heterocycles. The number of rotatable bonds is 4. The molecule has 1 N–H and O–H groups in total. The van der Waals surface area contributed by atoms with Gasteiger partial charge in [-0.3, -0.25) is 4.79 Å². The highest BCUT2D eigenvalue weighted by molar-refractivity contribution is 5.86. The predicted octanol–water partition coefficient (Wildman–Crippen LogP) is 2.94. The third-order valence-corrected chi connectivity index (χ3v) is 4.40. The molecule has 0 aliphatic carbocycles. The van der Waals surface area contributed by atoms with E-state index in [0.717, 1.165) is 30.6 Å². The molecule has 1 atom stereocenters. The van der Waals surface area contributed by atoms with Crippen LogP contribution in [0, 0.1) is 0 Å². The minimum atomic E-state index is 0.210. The van der Waals surface area contributed by atoms with Gasteiger partial charge in [-0.05, 0) is 29.3 Å². The molecular weight excluding hydrogens is 300 g/mol. The molecule has 5 nitrogen and oxygen atoms in total. The number of hydrogen-bond acceptors (Lipinski definition) is 4. The second-order valence-corrected chi connectivity index (χ2v) is 6.06. The lowest BCUT2D eigenvalue weighted by Gasteiger charge is -2.13. The van der Waals surface area contributed by atoms with Crippen LogP contribution in [0.15, 0.2) is 54.7 Å². The average Bonchev–Trinajstić information content (AvgIpc) is 3.09. The highest BCUT2D eigenvalue weighted by Crippen LogP contribution is 2.23. The van der Waals surface area contributed by atoms with Crippen LogP contribution in [0.1, 0.15) is 6.42 Å². The number of benzene rings is 2. The van der Waals surface area contributed by atoms with Crippen LogP contribution in [-0.4, -0.2) is 40.4 Å². The fraction of sp³-hybridized carbons (Fsp3) is 0.211. The van der Waals surface area contributed by atoms with Gasteiger partial charge in [-0.2, -0.15) is 0 Å². The van der Waals surface area contributed by atoms with E-state index in [1.54, 1.807) is 11.1 Å². The van der Waals surface area contributed by atoms with E-state index in [9.17, 15) is 4.79 Å². The number of carbonyl (C=O) groups excluding carboxylic acids is 1. The van der Waals surface area contributed by atoms with Gasteiger partial charge in [0.25, 0.3) is 0 Å². The molecule has 2 heterocycles. The molecule has 1 fully saturated rings. The quantitative estimate of drug-likeness (QED) is 0.752. The number of fused-ring (bicyclic) bond motifs is 1. The summed E-state index contributed by atoms with van der Waals surface area (Å²) in [6.07, 6.45) is 3.59. The van der Waals surface area contributed by atoms with Gasteiger partial charge in [-0.1, -0.05) is 36.4 Å². The van der Waals surface area contributed by atoms with Crippen LogP contribution in [-0.2, 0) is 4.79 Å². The Labute approximate surface area is 140 Å². The first-order chi connectivity index (χ1) is 11.8. The van der Waals surface area contributed by atoms with Crippen molar-refractivity contribution in [3.05, 3.63) is 54.7 Å². The van der Waals surface area contributed by atoms with E-state index in [2.05, 4.69) is 45.6 Å². The molecule has 1 aromatic heterocycles. The minimum absolute atomic E-state index is 0.210. The predicted molar refractivity (Wildman–Crippen MR) is 94.6 cm³/mol. The lowest BCUT2D eigenvalue weighted by molar-refractivity contribution is -0.117. The first-order valence-electron chi connectivity index (χ1n) is 8.10. The second kappa shape index (κ2) is 6.28. The van der Waals surface area contributed by atoms with Gasteiger partial charge < -0.3 is 10.2 Å². The van der Waals surface area contributed by atoms with Crippen molar-refractivity contribution in [3.8, 4) is 11.3 Å². The van der Waals surface area contributed by atoms with Gasteiger partial charge in [0.15, 0.2) is 0 Å². The zero-order chi connectivity index (χ0) is 16.4. The zero-order valence-corrected chi connectivity index (χ0v) is 13.2. The number of hydrogen-bond donors (Lipinski definition) is 1. The number of carbonyl (C=O) groups is 1. The summed E-state index contributed by atoms with van der Waals surface area (Å²) in [4.78, 5) is 21.5. The third kappa shape index (κ3) is 2.93. The number of anilines is 1. The maximum Gasteiger partial charge on any atom is 0.223 e. The molecule has 0 radical (unpaired) electrons. The summed E-state index contributed by atoms with van der Waals surface area (Å²) in [6.45, 7) is 1.48. The summed E-state index contributed by atoms with van der Waals surface area (Å²) in [7, 11) is 0. The Hall–Kier alpha value is -2.95. The van der Waals surface area contributed by atoms with Crippen molar-refractivity contribution in [1.29, 1.82) is 0 Å². The molecular formula is C19H18N4O. The van der Waals surface area contributed by atoms with Gasteiger partial charge in [0.1, 0.15) is 0 Å². The molecule has 4 rings (SSSR count). The van der Waals surface area contributed by atoms with Crippen molar-refractivity contribution >= 4 is 23.1 Å². The van der Waals surface area contributed by atoms with Crippen molar-refractivity contribution in [2.75, 3.05) is 18.4 Å². The Kier molecular flexibility index (Phi) is 3.83. The van der Waals surface area contributed by atoms with E-state index in [1.807, 2.05) is 18.2 Å². The monoisotopic (exact) mass is 318 g/mol. The van der Waals surface area contributed by atoms with Crippen LogP contribution in [0.3, 0.4) is 0 Å². The van der Waals surface area contributed by atoms with Gasteiger partial charge in [0.2, 0.25) is 12.4 Å². The van der Waals surface area contributed by atoms with Gasteiger partial charge in [-0.15, -0.1) is 0 Å². The van der Waals surface area contributed by atoms with Gasteiger partial charge in [0, 0.05) is 30.9 Å². The van der Waals surface area contributed by atoms with Gasteiger partial charge >= 0.3 is 0 Å². The maximum absolute atomic E-state index is 10.8. The molecule has 120 valence electrons. The Morgan fingerprint density at radius 2 is 2.00 bits per heavy atom. The summed E-state index contributed by atoms with van der Waals surface area (Å²) in [6, 6.07) is 16.7. The van der Waals surface area contributed by atoms with Crippen LogP contribution in [0.2, 0.25) is 0 Å².